The topological polar surface area (TPSA) is 12.4 Å². The van der Waals surface area contributed by atoms with Crippen molar-refractivity contribution in [3.63, 3.8) is 0 Å². The minimum absolute atomic E-state index is 0.782. The maximum atomic E-state index is 6.05. The standard InChI is InChI=1S/C11H10ClN/c1-8-6-11(13-7-8)9-4-2-3-5-10(9)12/h2-5,7H,6H2,1H3. The van der Waals surface area contributed by atoms with Crippen LogP contribution in [0.5, 0.6) is 0 Å². The highest BCUT2D eigenvalue weighted by atomic mass is 35.5. The van der Waals surface area contributed by atoms with Crippen LogP contribution in [-0.2, 0) is 0 Å². The second-order valence-electron chi connectivity index (χ2n) is 3.21. The van der Waals surface area contributed by atoms with Gasteiger partial charge in [-0.05, 0) is 18.6 Å². The summed E-state index contributed by atoms with van der Waals surface area (Å²) in [6.45, 7) is 2.08. The Balaban J connectivity index is 2.34. The second-order valence-corrected chi connectivity index (χ2v) is 3.62. The van der Waals surface area contributed by atoms with Crippen molar-refractivity contribution in [3.05, 3.63) is 46.6 Å². The van der Waals surface area contributed by atoms with E-state index in [1.165, 1.54) is 5.57 Å². The summed E-state index contributed by atoms with van der Waals surface area (Å²) in [5.41, 5.74) is 3.41. The third-order valence-corrected chi connectivity index (χ3v) is 2.40. The van der Waals surface area contributed by atoms with E-state index >= 15 is 0 Å². The van der Waals surface area contributed by atoms with Gasteiger partial charge in [-0.25, -0.2) is 0 Å². The van der Waals surface area contributed by atoms with Crippen LogP contribution in [0, 0.1) is 0 Å². The van der Waals surface area contributed by atoms with Gasteiger partial charge in [0.25, 0.3) is 0 Å². The molecule has 0 aliphatic carbocycles. The molecule has 1 nitrogen and oxygen atoms in total. The summed E-state index contributed by atoms with van der Waals surface area (Å²) in [5, 5.41) is 0.782. The van der Waals surface area contributed by atoms with Crippen LogP contribution in [0.15, 0.2) is 41.0 Å². The van der Waals surface area contributed by atoms with Gasteiger partial charge in [0.15, 0.2) is 0 Å². The monoisotopic (exact) mass is 191 g/mol. The zero-order valence-corrected chi connectivity index (χ0v) is 8.17. The normalized spacial score (nSPS) is 15.5. The van der Waals surface area contributed by atoms with Gasteiger partial charge in [-0.3, -0.25) is 4.99 Å². The minimum Gasteiger partial charge on any atom is -0.260 e. The summed E-state index contributed by atoms with van der Waals surface area (Å²) in [6, 6.07) is 7.82. The molecule has 0 bridgehead atoms. The molecule has 0 fully saturated rings. The average Bonchev–Trinajstić information content (AvgIpc) is 2.53. The summed E-state index contributed by atoms with van der Waals surface area (Å²) < 4.78 is 0. The highest BCUT2D eigenvalue weighted by molar-refractivity contribution is 6.34. The molecule has 2 heteroatoms. The van der Waals surface area contributed by atoms with Gasteiger partial charge in [0.2, 0.25) is 0 Å². The fraction of sp³-hybridized carbons (Fsp3) is 0.182. The van der Waals surface area contributed by atoms with Gasteiger partial charge >= 0.3 is 0 Å². The summed E-state index contributed by atoms with van der Waals surface area (Å²) in [5.74, 6) is 0. The van der Waals surface area contributed by atoms with Crippen LogP contribution >= 0.6 is 11.6 Å². The Kier molecular flexibility index (Phi) is 2.19. The Bertz CT molecular complexity index is 391. The van der Waals surface area contributed by atoms with E-state index in [4.69, 9.17) is 11.6 Å². The average molecular weight is 192 g/mol. The first kappa shape index (κ1) is 8.52. The van der Waals surface area contributed by atoms with Gasteiger partial charge in [-0.1, -0.05) is 29.8 Å². The number of halogens is 1. The molecule has 66 valence electrons. The van der Waals surface area contributed by atoms with Crippen molar-refractivity contribution >= 4 is 17.3 Å². The summed E-state index contributed by atoms with van der Waals surface area (Å²) in [6.07, 6.45) is 2.82. The Hall–Kier alpha value is -1.08. The fourth-order valence-electron chi connectivity index (χ4n) is 1.40. The maximum absolute atomic E-state index is 6.05. The van der Waals surface area contributed by atoms with Crippen molar-refractivity contribution in [1.29, 1.82) is 0 Å². The fourth-order valence-corrected chi connectivity index (χ4v) is 1.65. The number of hydrogen-bond donors (Lipinski definition) is 0. The first-order valence-corrected chi connectivity index (χ1v) is 4.62. The van der Waals surface area contributed by atoms with Crippen LogP contribution in [0.4, 0.5) is 0 Å². The third kappa shape index (κ3) is 1.65. The zero-order valence-electron chi connectivity index (χ0n) is 7.42. The Morgan fingerprint density at radius 1 is 1.31 bits per heavy atom. The molecule has 0 amide bonds. The Labute approximate surface area is 82.8 Å². The van der Waals surface area contributed by atoms with E-state index in [0.29, 0.717) is 0 Å². The zero-order chi connectivity index (χ0) is 9.26. The van der Waals surface area contributed by atoms with Crippen LogP contribution in [0.2, 0.25) is 5.02 Å². The molecule has 1 aromatic carbocycles. The van der Waals surface area contributed by atoms with E-state index in [1.807, 2.05) is 30.5 Å². The molecule has 0 spiro atoms. The second kappa shape index (κ2) is 3.35. The molecular formula is C11H10ClN. The molecule has 1 aromatic rings. The molecule has 2 rings (SSSR count). The lowest BCUT2D eigenvalue weighted by Crippen LogP contribution is -1.97. The Morgan fingerprint density at radius 2 is 2.08 bits per heavy atom. The van der Waals surface area contributed by atoms with Crippen LogP contribution in [0.25, 0.3) is 0 Å². The predicted molar refractivity (Wildman–Crippen MR) is 56.4 cm³/mol. The van der Waals surface area contributed by atoms with Crippen molar-refractivity contribution in [3.8, 4) is 0 Å². The SMILES string of the molecule is CC1=CN=C(c2ccccc2Cl)C1. The van der Waals surface area contributed by atoms with Crippen molar-refractivity contribution in [2.75, 3.05) is 0 Å². The van der Waals surface area contributed by atoms with Gasteiger partial charge in [-0.2, -0.15) is 0 Å². The highest BCUT2D eigenvalue weighted by Crippen LogP contribution is 2.22. The van der Waals surface area contributed by atoms with E-state index in [9.17, 15) is 0 Å². The maximum Gasteiger partial charge on any atom is 0.0531 e. The number of aliphatic imine (C=N–C) groups is 1. The number of nitrogens with zero attached hydrogens (tertiary/aromatic N) is 1. The summed E-state index contributed by atoms with van der Waals surface area (Å²) >= 11 is 6.05. The lowest BCUT2D eigenvalue weighted by atomic mass is 10.1. The molecule has 0 N–H and O–H groups in total. The van der Waals surface area contributed by atoms with Gasteiger partial charge < -0.3 is 0 Å². The minimum atomic E-state index is 0.782. The van der Waals surface area contributed by atoms with Gasteiger partial charge in [0.05, 0.1) is 5.71 Å². The molecule has 1 aliphatic heterocycles. The van der Waals surface area contributed by atoms with Gasteiger partial charge in [0, 0.05) is 23.2 Å². The molecule has 0 aromatic heterocycles. The van der Waals surface area contributed by atoms with Gasteiger partial charge in [0.1, 0.15) is 0 Å². The quantitative estimate of drug-likeness (QED) is 0.645. The molecular weight excluding hydrogens is 182 g/mol. The van der Waals surface area contributed by atoms with Crippen LogP contribution in [0.3, 0.4) is 0 Å². The van der Waals surface area contributed by atoms with Crippen molar-refractivity contribution in [2.45, 2.75) is 13.3 Å². The smallest absolute Gasteiger partial charge is 0.0531 e. The van der Waals surface area contributed by atoms with Crippen LogP contribution in [0.1, 0.15) is 18.9 Å². The van der Waals surface area contributed by atoms with Crippen LogP contribution < -0.4 is 0 Å². The summed E-state index contributed by atoms with van der Waals surface area (Å²) in [7, 11) is 0. The molecule has 0 radical (unpaired) electrons. The number of rotatable bonds is 1. The molecule has 0 unspecified atom stereocenters. The Morgan fingerprint density at radius 3 is 2.69 bits per heavy atom. The van der Waals surface area contributed by atoms with E-state index < -0.39 is 0 Å². The molecule has 1 heterocycles. The molecule has 1 aliphatic rings. The molecule has 0 saturated heterocycles. The van der Waals surface area contributed by atoms with E-state index in [-0.39, 0.29) is 0 Å². The number of hydrogen-bond acceptors (Lipinski definition) is 1. The van der Waals surface area contributed by atoms with E-state index in [0.717, 1.165) is 22.7 Å². The lowest BCUT2D eigenvalue weighted by Gasteiger charge is -2.02. The van der Waals surface area contributed by atoms with Gasteiger partial charge in [-0.15, -0.1) is 0 Å². The summed E-state index contributed by atoms with van der Waals surface area (Å²) in [4.78, 5) is 4.32. The van der Waals surface area contributed by atoms with Crippen molar-refractivity contribution < 1.29 is 0 Å². The third-order valence-electron chi connectivity index (χ3n) is 2.07. The lowest BCUT2D eigenvalue weighted by molar-refractivity contribution is 1.30. The van der Waals surface area contributed by atoms with Crippen molar-refractivity contribution in [1.82, 2.24) is 0 Å². The predicted octanol–water partition coefficient (Wildman–Crippen LogP) is 3.44. The van der Waals surface area contributed by atoms with Crippen molar-refractivity contribution in [2.24, 2.45) is 4.99 Å². The molecule has 0 atom stereocenters. The number of benzene rings is 1. The highest BCUT2D eigenvalue weighted by Gasteiger charge is 2.11. The molecule has 0 saturated carbocycles. The van der Waals surface area contributed by atoms with E-state index in [2.05, 4.69) is 11.9 Å². The van der Waals surface area contributed by atoms with Crippen LogP contribution in [-0.4, -0.2) is 5.71 Å². The largest absolute Gasteiger partial charge is 0.260 e. The first-order valence-electron chi connectivity index (χ1n) is 4.24. The first-order chi connectivity index (χ1) is 6.27. The molecule has 13 heavy (non-hydrogen) atoms. The van der Waals surface area contributed by atoms with E-state index in [1.54, 1.807) is 0 Å². The number of allylic oxidation sites excluding steroid dienone is 1.